The minimum Gasteiger partial charge on any atom is -0.438 e. The molecular weight excluding hydrogens is 272 g/mol. The molecule has 0 saturated carbocycles. The average molecular weight is 281 g/mol. The van der Waals surface area contributed by atoms with Gasteiger partial charge in [0, 0.05) is 10.4 Å². The zero-order valence-electron chi connectivity index (χ0n) is 10.4. The van der Waals surface area contributed by atoms with Crippen molar-refractivity contribution in [1.29, 1.82) is 5.26 Å². The maximum Gasteiger partial charge on any atom is 0.237 e. The lowest BCUT2D eigenvalue weighted by atomic mass is 10.1. The molecular formula is C16H9ClN2O. The first-order valence-corrected chi connectivity index (χ1v) is 6.37. The van der Waals surface area contributed by atoms with E-state index in [2.05, 4.69) is 11.1 Å². The van der Waals surface area contributed by atoms with Gasteiger partial charge in [-0.3, -0.25) is 0 Å². The van der Waals surface area contributed by atoms with Crippen LogP contribution in [-0.4, -0.2) is 4.98 Å². The van der Waals surface area contributed by atoms with Gasteiger partial charge in [0.05, 0.1) is 5.52 Å². The van der Waals surface area contributed by atoms with E-state index in [1.807, 2.05) is 24.3 Å². The normalized spacial score (nSPS) is 10.2. The Bertz CT molecular complexity index is 824. The highest BCUT2D eigenvalue weighted by Gasteiger charge is 2.09. The molecule has 0 unspecified atom stereocenters. The quantitative estimate of drug-likeness (QED) is 0.691. The van der Waals surface area contributed by atoms with Gasteiger partial charge in [-0.2, -0.15) is 5.26 Å². The van der Waals surface area contributed by atoms with Crippen LogP contribution in [0.15, 0.2) is 54.6 Å². The summed E-state index contributed by atoms with van der Waals surface area (Å²) in [5.41, 5.74) is 1.17. The second-order valence-electron chi connectivity index (χ2n) is 4.21. The summed E-state index contributed by atoms with van der Waals surface area (Å²) in [6.07, 6.45) is 0. The van der Waals surface area contributed by atoms with E-state index in [4.69, 9.17) is 16.3 Å². The first-order chi connectivity index (χ1) is 9.76. The summed E-state index contributed by atoms with van der Waals surface area (Å²) in [4.78, 5) is 4.38. The molecule has 0 aliphatic heterocycles. The van der Waals surface area contributed by atoms with Gasteiger partial charge in [-0.1, -0.05) is 35.9 Å². The fourth-order valence-electron chi connectivity index (χ4n) is 1.90. The lowest BCUT2D eigenvalue weighted by Gasteiger charge is -2.08. The number of hydrogen-bond acceptors (Lipinski definition) is 3. The predicted octanol–water partition coefficient (Wildman–Crippen LogP) is 4.55. The monoisotopic (exact) mass is 280 g/mol. The number of ether oxygens (including phenoxy) is 1. The van der Waals surface area contributed by atoms with Crippen molar-refractivity contribution in [1.82, 2.24) is 4.98 Å². The molecule has 0 bridgehead atoms. The Labute approximate surface area is 121 Å². The number of aromatic nitrogens is 1. The Kier molecular flexibility index (Phi) is 3.24. The van der Waals surface area contributed by atoms with E-state index in [1.165, 1.54) is 0 Å². The molecule has 1 heterocycles. The molecule has 0 N–H and O–H groups in total. The highest BCUT2D eigenvalue weighted by Crippen LogP contribution is 2.27. The lowest BCUT2D eigenvalue weighted by molar-refractivity contribution is 0.463. The van der Waals surface area contributed by atoms with Crippen LogP contribution in [0.25, 0.3) is 10.9 Å². The average Bonchev–Trinajstić information content (AvgIpc) is 2.46. The molecule has 96 valence electrons. The van der Waals surface area contributed by atoms with Crippen molar-refractivity contribution in [2.24, 2.45) is 0 Å². The Morgan fingerprint density at radius 1 is 1.05 bits per heavy atom. The van der Waals surface area contributed by atoms with Gasteiger partial charge in [0.1, 0.15) is 17.4 Å². The summed E-state index contributed by atoms with van der Waals surface area (Å²) >= 11 is 5.91. The van der Waals surface area contributed by atoms with E-state index in [-0.39, 0.29) is 5.88 Å². The highest BCUT2D eigenvalue weighted by molar-refractivity contribution is 6.30. The molecule has 2 aromatic carbocycles. The molecule has 0 aliphatic rings. The largest absolute Gasteiger partial charge is 0.438 e. The zero-order chi connectivity index (χ0) is 13.9. The van der Waals surface area contributed by atoms with Gasteiger partial charge in [-0.15, -0.1) is 0 Å². The second kappa shape index (κ2) is 5.20. The fourth-order valence-corrected chi connectivity index (χ4v) is 2.08. The van der Waals surface area contributed by atoms with Crippen molar-refractivity contribution in [2.75, 3.05) is 0 Å². The first-order valence-electron chi connectivity index (χ1n) is 5.99. The number of fused-ring (bicyclic) bond motifs is 1. The van der Waals surface area contributed by atoms with Gasteiger partial charge in [-0.05, 0) is 30.3 Å². The molecule has 3 rings (SSSR count). The van der Waals surface area contributed by atoms with Crippen LogP contribution >= 0.6 is 11.6 Å². The predicted molar refractivity (Wildman–Crippen MR) is 78.0 cm³/mol. The number of nitrogens with zero attached hydrogens (tertiary/aromatic N) is 2. The molecule has 0 amide bonds. The molecule has 3 aromatic rings. The number of hydrogen-bond donors (Lipinski definition) is 0. The number of pyridine rings is 1. The zero-order valence-corrected chi connectivity index (χ0v) is 11.1. The number of para-hydroxylation sites is 1. The molecule has 0 radical (unpaired) electrons. The molecule has 0 fully saturated rings. The molecule has 0 aliphatic carbocycles. The topological polar surface area (TPSA) is 45.9 Å². The van der Waals surface area contributed by atoms with Crippen molar-refractivity contribution in [2.45, 2.75) is 0 Å². The van der Waals surface area contributed by atoms with Crippen molar-refractivity contribution in [3.8, 4) is 17.7 Å². The van der Waals surface area contributed by atoms with E-state index in [1.54, 1.807) is 30.3 Å². The number of halogens is 1. The van der Waals surface area contributed by atoms with Gasteiger partial charge in [-0.25, -0.2) is 4.98 Å². The van der Waals surface area contributed by atoms with Gasteiger partial charge in [0.2, 0.25) is 5.88 Å². The van der Waals surface area contributed by atoms with Crippen molar-refractivity contribution < 1.29 is 4.74 Å². The summed E-state index contributed by atoms with van der Waals surface area (Å²) in [6.45, 7) is 0. The minimum absolute atomic E-state index is 0.286. The third kappa shape index (κ3) is 2.42. The Balaban J connectivity index is 2.08. The van der Waals surface area contributed by atoms with E-state index in [9.17, 15) is 5.26 Å². The van der Waals surface area contributed by atoms with Crippen LogP contribution < -0.4 is 4.74 Å². The van der Waals surface area contributed by atoms with Crippen LogP contribution in [0.3, 0.4) is 0 Å². The second-order valence-corrected chi connectivity index (χ2v) is 4.64. The maximum atomic E-state index is 9.21. The SMILES string of the molecule is N#Cc1cc2ccccc2nc1Oc1cccc(Cl)c1. The number of nitriles is 1. The van der Waals surface area contributed by atoms with Gasteiger partial charge >= 0.3 is 0 Å². The molecule has 4 heteroatoms. The lowest BCUT2D eigenvalue weighted by Crippen LogP contribution is -1.93. The van der Waals surface area contributed by atoms with Crippen LogP contribution in [0.1, 0.15) is 5.56 Å². The summed E-state index contributed by atoms with van der Waals surface area (Å²) in [6, 6.07) is 18.4. The van der Waals surface area contributed by atoms with E-state index < -0.39 is 0 Å². The fraction of sp³-hybridized carbons (Fsp3) is 0. The standard InChI is InChI=1S/C16H9ClN2O/c17-13-5-3-6-14(9-13)20-16-12(10-18)8-11-4-1-2-7-15(11)19-16/h1-9H. The number of benzene rings is 2. The van der Waals surface area contributed by atoms with Crippen LogP contribution in [0.5, 0.6) is 11.6 Å². The van der Waals surface area contributed by atoms with E-state index in [0.717, 1.165) is 10.9 Å². The Morgan fingerprint density at radius 3 is 2.70 bits per heavy atom. The third-order valence-electron chi connectivity index (χ3n) is 2.82. The molecule has 0 spiro atoms. The van der Waals surface area contributed by atoms with Crippen LogP contribution in [0, 0.1) is 11.3 Å². The van der Waals surface area contributed by atoms with Crippen LogP contribution in [0.2, 0.25) is 5.02 Å². The summed E-state index contributed by atoms with van der Waals surface area (Å²) < 4.78 is 5.67. The molecule has 0 atom stereocenters. The molecule has 0 saturated heterocycles. The van der Waals surface area contributed by atoms with Gasteiger partial charge < -0.3 is 4.74 Å². The summed E-state index contributed by atoms with van der Waals surface area (Å²) in [5, 5.41) is 10.7. The maximum absolute atomic E-state index is 9.21. The highest BCUT2D eigenvalue weighted by atomic mass is 35.5. The van der Waals surface area contributed by atoms with Crippen LogP contribution in [-0.2, 0) is 0 Å². The van der Waals surface area contributed by atoms with E-state index >= 15 is 0 Å². The molecule has 3 nitrogen and oxygen atoms in total. The first kappa shape index (κ1) is 12.5. The van der Waals surface area contributed by atoms with Crippen LogP contribution in [0.4, 0.5) is 0 Å². The smallest absolute Gasteiger partial charge is 0.237 e. The van der Waals surface area contributed by atoms with Gasteiger partial charge in [0.25, 0.3) is 0 Å². The molecule has 1 aromatic heterocycles. The van der Waals surface area contributed by atoms with Crippen molar-refractivity contribution in [3.63, 3.8) is 0 Å². The number of rotatable bonds is 2. The Morgan fingerprint density at radius 2 is 1.90 bits per heavy atom. The summed E-state index contributed by atoms with van der Waals surface area (Å²) in [5.74, 6) is 0.838. The van der Waals surface area contributed by atoms with Crippen molar-refractivity contribution in [3.05, 3.63) is 65.2 Å². The summed E-state index contributed by atoms with van der Waals surface area (Å²) in [7, 11) is 0. The minimum atomic E-state index is 0.286. The van der Waals surface area contributed by atoms with E-state index in [0.29, 0.717) is 16.3 Å². The molecule has 20 heavy (non-hydrogen) atoms. The van der Waals surface area contributed by atoms with Gasteiger partial charge in [0.15, 0.2) is 0 Å². The Hall–Kier alpha value is -2.57. The van der Waals surface area contributed by atoms with Crippen molar-refractivity contribution >= 4 is 22.5 Å². The third-order valence-corrected chi connectivity index (χ3v) is 3.06.